The number of fused-ring (bicyclic) bond motifs is 1. The Morgan fingerprint density at radius 3 is 2.56 bits per heavy atom. The molecule has 4 heteroatoms. The van der Waals surface area contributed by atoms with E-state index in [-0.39, 0.29) is 5.91 Å². The molecule has 0 spiro atoms. The quantitative estimate of drug-likeness (QED) is 0.873. The molecule has 0 aliphatic carbocycles. The molecule has 2 aromatic carbocycles. The molecule has 1 fully saturated rings. The van der Waals surface area contributed by atoms with Gasteiger partial charge in [0.1, 0.15) is 5.75 Å². The van der Waals surface area contributed by atoms with E-state index in [9.17, 15) is 4.79 Å². The van der Waals surface area contributed by atoms with E-state index in [1.165, 1.54) is 31.1 Å². The number of benzene rings is 2. The summed E-state index contributed by atoms with van der Waals surface area (Å²) in [6.07, 6.45) is 4.72. The van der Waals surface area contributed by atoms with Crippen molar-refractivity contribution < 1.29 is 9.53 Å². The van der Waals surface area contributed by atoms with Gasteiger partial charge in [-0.1, -0.05) is 43.2 Å². The summed E-state index contributed by atoms with van der Waals surface area (Å²) < 4.78 is 5.82. The van der Waals surface area contributed by atoms with Crippen LogP contribution in [0.25, 0.3) is 10.8 Å². The van der Waals surface area contributed by atoms with Gasteiger partial charge in [-0.2, -0.15) is 0 Å². The molecule has 1 atom stereocenters. The first-order valence-corrected chi connectivity index (χ1v) is 9.38. The molecule has 1 amide bonds. The Morgan fingerprint density at radius 1 is 1.08 bits per heavy atom. The van der Waals surface area contributed by atoms with Crippen LogP contribution in [0.3, 0.4) is 0 Å². The minimum atomic E-state index is -0.495. The van der Waals surface area contributed by atoms with Crippen molar-refractivity contribution in [1.29, 1.82) is 0 Å². The van der Waals surface area contributed by atoms with Crippen LogP contribution in [0.5, 0.6) is 5.75 Å². The van der Waals surface area contributed by atoms with Gasteiger partial charge in [0.25, 0.3) is 5.91 Å². The molecule has 1 aliphatic rings. The number of carbonyl (C=O) groups is 1. The first kappa shape index (κ1) is 17.7. The van der Waals surface area contributed by atoms with Crippen LogP contribution in [-0.2, 0) is 4.79 Å². The minimum Gasteiger partial charge on any atom is -0.481 e. The second-order valence-corrected chi connectivity index (χ2v) is 6.82. The van der Waals surface area contributed by atoms with Gasteiger partial charge in [-0.3, -0.25) is 4.79 Å². The van der Waals surface area contributed by atoms with E-state index >= 15 is 0 Å². The molecule has 1 aliphatic heterocycles. The topological polar surface area (TPSA) is 41.6 Å². The van der Waals surface area contributed by atoms with Crippen LogP contribution in [0, 0.1) is 0 Å². The summed E-state index contributed by atoms with van der Waals surface area (Å²) in [7, 11) is 0. The molecule has 134 valence electrons. The van der Waals surface area contributed by atoms with Gasteiger partial charge in [0.05, 0.1) is 0 Å². The normalized spacial score (nSPS) is 17.0. The number of carbonyl (C=O) groups excluding carboxylic acids is 1. The van der Waals surface area contributed by atoms with Crippen molar-refractivity contribution in [2.75, 3.05) is 26.2 Å². The second kappa shape index (κ2) is 8.86. The summed E-state index contributed by atoms with van der Waals surface area (Å²) >= 11 is 0. The Morgan fingerprint density at radius 2 is 1.80 bits per heavy atom. The van der Waals surface area contributed by atoms with E-state index in [1.807, 2.05) is 36.4 Å². The number of likely N-dealkylation sites (tertiary alicyclic amines) is 1. The average molecular weight is 340 g/mol. The number of hydrogen-bond acceptors (Lipinski definition) is 3. The minimum absolute atomic E-state index is 0.0528. The van der Waals surface area contributed by atoms with Crippen LogP contribution < -0.4 is 10.1 Å². The molecule has 4 nitrogen and oxygen atoms in total. The van der Waals surface area contributed by atoms with Gasteiger partial charge in [-0.15, -0.1) is 0 Å². The largest absolute Gasteiger partial charge is 0.481 e. The number of rotatable bonds is 6. The van der Waals surface area contributed by atoms with Crippen LogP contribution in [0.1, 0.15) is 32.6 Å². The third kappa shape index (κ3) is 5.20. The molecular formula is C21H28N2O2. The summed E-state index contributed by atoms with van der Waals surface area (Å²) in [4.78, 5) is 14.7. The predicted octanol–water partition coefficient (Wildman–Crippen LogP) is 3.60. The highest BCUT2D eigenvalue weighted by molar-refractivity contribution is 5.84. The molecule has 1 unspecified atom stereocenters. The van der Waals surface area contributed by atoms with E-state index in [1.54, 1.807) is 6.92 Å². The molecule has 0 saturated carbocycles. The summed E-state index contributed by atoms with van der Waals surface area (Å²) in [5.74, 6) is 0.678. The van der Waals surface area contributed by atoms with Gasteiger partial charge in [0.15, 0.2) is 6.10 Å². The molecule has 2 aromatic rings. The van der Waals surface area contributed by atoms with Crippen molar-refractivity contribution in [2.45, 2.75) is 38.7 Å². The average Bonchev–Trinajstić information content (AvgIpc) is 2.90. The van der Waals surface area contributed by atoms with Gasteiger partial charge in [0, 0.05) is 13.1 Å². The van der Waals surface area contributed by atoms with Crippen LogP contribution in [0.15, 0.2) is 42.5 Å². The Balaban J connectivity index is 1.46. The summed E-state index contributed by atoms with van der Waals surface area (Å²) in [6, 6.07) is 14.1. The second-order valence-electron chi connectivity index (χ2n) is 6.82. The number of nitrogens with one attached hydrogen (secondary N) is 1. The first-order chi connectivity index (χ1) is 12.2. The Hall–Kier alpha value is -2.07. The Labute approximate surface area is 150 Å². The lowest BCUT2D eigenvalue weighted by Gasteiger charge is -2.21. The maximum atomic E-state index is 12.3. The first-order valence-electron chi connectivity index (χ1n) is 9.38. The fraction of sp³-hybridized carbons (Fsp3) is 0.476. The zero-order valence-electron chi connectivity index (χ0n) is 15.0. The summed E-state index contributed by atoms with van der Waals surface area (Å²) in [6.45, 7) is 5.72. The SMILES string of the molecule is CC(Oc1ccc2ccccc2c1)C(=O)NCCN1CCCCCC1. The number of amides is 1. The zero-order chi connectivity index (χ0) is 17.5. The van der Waals surface area contributed by atoms with Crippen LogP contribution in [0.4, 0.5) is 0 Å². The third-order valence-corrected chi connectivity index (χ3v) is 4.83. The lowest BCUT2D eigenvalue weighted by Crippen LogP contribution is -2.41. The van der Waals surface area contributed by atoms with Gasteiger partial charge in [-0.05, 0) is 55.8 Å². The van der Waals surface area contributed by atoms with Crippen molar-refractivity contribution in [3.8, 4) is 5.75 Å². The van der Waals surface area contributed by atoms with Crippen LogP contribution in [-0.4, -0.2) is 43.1 Å². The van der Waals surface area contributed by atoms with E-state index in [0.29, 0.717) is 6.54 Å². The monoisotopic (exact) mass is 340 g/mol. The van der Waals surface area contributed by atoms with Gasteiger partial charge >= 0.3 is 0 Å². The molecule has 3 rings (SSSR count). The van der Waals surface area contributed by atoms with E-state index < -0.39 is 6.10 Å². The maximum Gasteiger partial charge on any atom is 0.260 e. The Kier molecular flexibility index (Phi) is 6.29. The number of hydrogen-bond donors (Lipinski definition) is 1. The van der Waals surface area contributed by atoms with Crippen molar-refractivity contribution in [2.24, 2.45) is 0 Å². The smallest absolute Gasteiger partial charge is 0.260 e. The molecule has 0 radical (unpaired) electrons. The summed E-state index contributed by atoms with van der Waals surface area (Å²) in [5.41, 5.74) is 0. The summed E-state index contributed by atoms with van der Waals surface area (Å²) in [5, 5.41) is 5.29. The Bertz CT molecular complexity index is 693. The molecule has 25 heavy (non-hydrogen) atoms. The van der Waals surface area contributed by atoms with Crippen molar-refractivity contribution in [3.05, 3.63) is 42.5 Å². The lowest BCUT2D eigenvalue weighted by atomic mass is 10.1. The van der Waals surface area contributed by atoms with Gasteiger partial charge in [0.2, 0.25) is 0 Å². The maximum absolute atomic E-state index is 12.3. The van der Waals surface area contributed by atoms with Crippen LogP contribution >= 0.6 is 0 Å². The number of nitrogens with zero attached hydrogens (tertiary/aromatic N) is 1. The van der Waals surface area contributed by atoms with E-state index in [0.717, 1.165) is 30.8 Å². The predicted molar refractivity (Wildman–Crippen MR) is 102 cm³/mol. The highest BCUT2D eigenvalue weighted by Gasteiger charge is 2.15. The molecule has 0 bridgehead atoms. The highest BCUT2D eigenvalue weighted by Crippen LogP contribution is 2.21. The van der Waals surface area contributed by atoms with Crippen molar-refractivity contribution >= 4 is 16.7 Å². The van der Waals surface area contributed by atoms with Gasteiger partial charge in [-0.25, -0.2) is 0 Å². The molecular weight excluding hydrogens is 312 g/mol. The highest BCUT2D eigenvalue weighted by atomic mass is 16.5. The van der Waals surface area contributed by atoms with Crippen molar-refractivity contribution in [3.63, 3.8) is 0 Å². The lowest BCUT2D eigenvalue weighted by molar-refractivity contribution is -0.127. The zero-order valence-corrected chi connectivity index (χ0v) is 15.0. The van der Waals surface area contributed by atoms with E-state index in [4.69, 9.17) is 4.74 Å². The fourth-order valence-electron chi connectivity index (χ4n) is 3.34. The van der Waals surface area contributed by atoms with Gasteiger partial charge < -0.3 is 15.0 Å². The molecule has 1 N–H and O–H groups in total. The van der Waals surface area contributed by atoms with Crippen LogP contribution in [0.2, 0.25) is 0 Å². The van der Waals surface area contributed by atoms with E-state index in [2.05, 4.69) is 16.3 Å². The number of ether oxygens (including phenoxy) is 1. The molecule has 1 saturated heterocycles. The fourth-order valence-corrected chi connectivity index (χ4v) is 3.34. The molecule has 0 aromatic heterocycles. The van der Waals surface area contributed by atoms with Crippen molar-refractivity contribution in [1.82, 2.24) is 10.2 Å². The third-order valence-electron chi connectivity index (χ3n) is 4.83. The molecule has 1 heterocycles. The standard InChI is InChI=1S/C21H28N2O2/c1-17(21(24)22-12-15-23-13-6-2-3-7-14-23)25-20-11-10-18-8-4-5-9-19(18)16-20/h4-5,8-11,16-17H,2-3,6-7,12-15H2,1H3,(H,22,24).